The summed E-state index contributed by atoms with van der Waals surface area (Å²) in [6.07, 6.45) is 1.24. The van der Waals surface area contributed by atoms with Crippen molar-refractivity contribution in [1.29, 1.82) is 0 Å². The first-order chi connectivity index (χ1) is 7.26. The minimum absolute atomic E-state index is 0.0382. The Bertz CT molecular complexity index is 346. The largest absolute Gasteiger partial charge is 0.427 e. The van der Waals surface area contributed by atoms with Gasteiger partial charge in [0.05, 0.1) is 0 Å². The Morgan fingerprint density at radius 2 is 2.27 bits per heavy atom. The van der Waals surface area contributed by atoms with E-state index in [2.05, 4.69) is 0 Å². The number of aliphatic hydroxyl groups excluding tert-OH is 1. The van der Waals surface area contributed by atoms with Crippen molar-refractivity contribution in [3.05, 3.63) is 29.8 Å². The van der Waals surface area contributed by atoms with Gasteiger partial charge < -0.3 is 9.84 Å². The highest BCUT2D eigenvalue weighted by molar-refractivity contribution is 5.77. The molecule has 0 heterocycles. The van der Waals surface area contributed by atoms with Gasteiger partial charge in [-0.15, -0.1) is 0 Å². The van der Waals surface area contributed by atoms with Gasteiger partial charge in [0, 0.05) is 18.6 Å². The van der Waals surface area contributed by atoms with E-state index in [-0.39, 0.29) is 13.0 Å². The smallest absolute Gasteiger partial charge is 0.311 e. The van der Waals surface area contributed by atoms with E-state index in [9.17, 15) is 9.59 Å². The standard InChI is InChI=1S/C11H12O4/c12-6-2-5-11(14)15-10-4-1-3-9(7-10)8-13/h1,3-4,7-8,12H,2,5-6H2. The van der Waals surface area contributed by atoms with E-state index >= 15 is 0 Å². The van der Waals surface area contributed by atoms with Crippen LogP contribution in [0.2, 0.25) is 0 Å². The van der Waals surface area contributed by atoms with Crippen LogP contribution in [-0.4, -0.2) is 24.0 Å². The second kappa shape index (κ2) is 5.93. The SMILES string of the molecule is O=Cc1cccc(OC(=O)CCCO)c1. The maximum atomic E-state index is 11.1. The molecule has 0 unspecified atom stereocenters. The van der Waals surface area contributed by atoms with Gasteiger partial charge in [0.2, 0.25) is 0 Å². The molecule has 0 bridgehead atoms. The lowest BCUT2D eigenvalue weighted by atomic mass is 10.2. The zero-order chi connectivity index (χ0) is 11.1. The second-order valence-corrected chi connectivity index (χ2v) is 2.99. The second-order valence-electron chi connectivity index (χ2n) is 2.99. The van der Waals surface area contributed by atoms with Crippen LogP contribution in [0.15, 0.2) is 24.3 Å². The Morgan fingerprint density at radius 1 is 1.47 bits per heavy atom. The molecule has 1 N–H and O–H groups in total. The normalized spacial score (nSPS) is 9.67. The molecule has 1 aromatic carbocycles. The Hall–Kier alpha value is -1.68. The number of aliphatic hydroxyl groups is 1. The van der Waals surface area contributed by atoms with E-state index in [1.807, 2.05) is 0 Å². The van der Waals surface area contributed by atoms with Crippen molar-refractivity contribution >= 4 is 12.3 Å². The van der Waals surface area contributed by atoms with Gasteiger partial charge >= 0.3 is 5.97 Å². The first-order valence-electron chi connectivity index (χ1n) is 4.63. The molecule has 1 aromatic rings. The summed E-state index contributed by atoms with van der Waals surface area (Å²) in [6, 6.07) is 6.35. The quantitative estimate of drug-likeness (QED) is 0.448. The number of aldehydes is 1. The van der Waals surface area contributed by atoms with Crippen LogP contribution in [-0.2, 0) is 4.79 Å². The molecule has 0 atom stereocenters. The van der Waals surface area contributed by atoms with Crippen LogP contribution in [0.4, 0.5) is 0 Å². The molecular weight excluding hydrogens is 196 g/mol. The lowest BCUT2D eigenvalue weighted by Gasteiger charge is -2.03. The van der Waals surface area contributed by atoms with Crippen molar-refractivity contribution in [2.24, 2.45) is 0 Å². The summed E-state index contributed by atoms with van der Waals surface area (Å²) in [5, 5.41) is 8.51. The van der Waals surface area contributed by atoms with Crippen molar-refractivity contribution in [3.8, 4) is 5.75 Å². The fraction of sp³-hybridized carbons (Fsp3) is 0.273. The summed E-state index contributed by atoms with van der Waals surface area (Å²) < 4.78 is 4.95. The maximum Gasteiger partial charge on any atom is 0.311 e. The highest BCUT2D eigenvalue weighted by Crippen LogP contribution is 2.12. The Morgan fingerprint density at radius 3 is 2.93 bits per heavy atom. The van der Waals surface area contributed by atoms with Crippen molar-refractivity contribution < 1.29 is 19.4 Å². The van der Waals surface area contributed by atoms with Gasteiger partial charge in [0.15, 0.2) is 0 Å². The summed E-state index contributed by atoms with van der Waals surface area (Å²) in [5.41, 5.74) is 0.461. The number of rotatable bonds is 5. The van der Waals surface area contributed by atoms with E-state index in [1.54, 1.807) is 18.2 Å². The highest BCUT2D eigenvalue weighted by atomic mass is 16.5. The van der Waals surface area contributed by atoms with Gasteiger partial charge in [-0.2, -0.15) is 0 Å². The molecule has 0 fully saturated rings. The molecule has 15 heavy (non-hydrogen) atoms. The third kappa shape index (κ3) is 3.91. The summed E-state index contributed by atoms with van der Waals surface area (Å²) in [4.78, 5) is 21.6. The monoisotopic (exact) mass is 208 g/mol. The predicted molar refractivity (Wildman–Crippen MR) is 53.8 cm³/mol. The number of carbonyl (C=O) groups excluding carboxylic acids is 2. The Kier molecular flexibility index (Phi) is 4.50. The number of hydrogen-bond acceptors (Lipinski definition) is 4. The van der Waals surface area contributed by atoms with E-state index in [1.165, 1.54) is 6.07 Å². The summed E-state index contributed by atoms with van der Waals surface area (Å²) in [6.45, 7) is -0.0382. The van der Waals surface area contributed by atoms with Gasteiger partial charge in [0.25, 0.3) is 0 Å². The molecule has 4 nitrogen and oxygen atoms in total. The van der Waals surface area contributed by atoms with Crippen molar-refractivity contribution in [3.63, 3.8) is 0 Å². The minimum atomic E-state index is -0.410. The van der Waals surface area contributed by atoms with Gasteiger partial charge in [-0.05, 0) is 18.6 Å². The van der Waals surface area contributed by atoms with Gasteiger partial charge in [-0.3, -0.25) is 9.59 Å². The zero-order valence-corrected chi connectivity index (χ0v) is 8.18. The lowest BCUT2D eigenvalue weighted by Crippen LogP contribution is -2.08. The van der Waals surface area contributed by atoms with E-state index in [4.69, 9.17) is 9.84 Å². The molecular formula is C11H12O4. The Labute approximate surface area is 87.5 Å². The molecule has 80 valence electrons. The van der Waals surface area contributed by atoms with Crippen LogP contribution < -0.4 is 4.74 Å². The number of ether oxygens (including phenoxy) is 1. The molecule has 0 saturated carbocycles. The fourth-order valence-corrected chi connectivity index (χ4v) is 1.06. The third-order valence-electron chi connectivity index (χ3n) is 1.76. The number of hydrogen-bond donors (Lipinski definition) is 1. The lowest BCUT2D eigenvalue weighted by molar-refractivity contribution is -0.134. The van der Waals surface area contributed by atoms with E-state index in [0.29, 0.717) is 24.0 Å². The third-order valence-corrected chi connectivity index (χ3v) is 1.76. The fourth-order valence-electron chi connectivity index (χ4n) is 1.06. The van der Waals surface area contributed by atoms with Crippen LogP contribution in [0.25, 0.3) is 0 Å². The molecule has 0 aliphatic heterocycles. The predicted octanol–water partition coefficient (Wildman–Crippen LogP) is 1.18. The summed E-state index contributed by atoms with van der Waals surface area (Å²) in [7, 11) is 0. The topological polar surface area (TPSA) is 63.6 Å². The van der Waals surface area contributed by atoms with Gasteiger partial charge in [-0.1, -0.05) is 12.1 Å². The zero-order valence-electron chi connectivity index (χ0n) is 8.18. The number of esters is 1. The molecule has 0 saturated heterocycles. The van der Waals surface area contributed by atoms with Crippen LogP contribution >= 0.6 is 0 Å². The molecule has 0 spiro atoms. The van der Waals surface area contributed by atoms with Crippen LogP contribution in [0.1, 0.15) is 23.2 Å². The van der Waals surface area contributed by atoms with Crippen LogP contribution in [0.5, 0.6) is 5.75 Å². The summed E-state index contributed by atoms with van der Waals surface area (Å²) in [5.74, 6) is -0.0605. The maximum absolute atomic E-state index is 11.1. The van der Waals surface area contributed by atoms with E-state index in [0.717, 1.165) is 0 Å². The first-order valence-corrected chi connectivity index (χ1v) is 4.63. The molecule has 0 aromatic heterocycles. The van der Waals surface area contributed by atoms with Crippen LogP contribution in [0.3, 0.4) is 0 Å². The highest BCUT2D eigenvalue weighted by Gasteiger charge is 2.04. The molecule has 1 rings (SSSR count). The van der Waals surface area contributed by atoms with E-state index < -0.39 is 5.97 Å². The average molecular weight is 208 g/mol. The van der Waals surface area contributed by atoms with Crippen molar-refractivity contribution in [2.75, 3.05) is 6.61 Å². The molecule has 4 heteroatoms. The van der Waals surface area contributed by atoms with Crippen LogP contribution in [0, 0.1) is 0 Å². The number of benzene rings is 1. The summed E-state index contributed by atoms with van der Waals surface area (Å²) >= 11 is 0. The van der Waals surface area contributed by atoms with Crippen molar-refractivity contribution in [2.45, 2.75) is 12.8 Å². The number of carbonyl (C=O) groups is 2. The Balaban J connectivity index is 2.56. The van der Waals surface area contributed by atoms with Gasteiger partial charge in [0.1, 0.15) is 12.0 Å². The minimum Gasteiger partial charge on any atom is -0.427 e. The average Bonchev–Trinajstić information content (AvgIpc) is 2.26. The molecule has 0 radical (unpaired) electrons. The van der Waals surface area contributed by atoms with Crippen molar-refractivity contribution in [1.82, 2.24) is 0 Å². The van der Waals surface area contributed by atoms with Gasteiger partial charge in [-0.25, -0.2) is 0 Å². The first kappa shape index (κ1) is 11.4. The molecule has 0 aliphatic carbocycles. The molecule has 0 aliphatic rings. The molecule has 0 amide bonds.